The summed E-state index contributed by atoms with van der Waals surface area (Å²) in [7, 11) is 0. The molecule has 0 amide bonds. The quantitative estimate of drug-likeness (QED) is 0.769. The molecule has 0 saturated heterocycles. The first kappa shape index (κ1) is 8.71. The number of nitrogens with zero attached hydrogens (tertiary/aromatic N) is 3. The van der Waals surface area contributed by atoms with Gasteiger partial charge < -0.3 is 5.73 Å². The van der Waals surface area contributed by atoms with Crippen molar-refractivity contribution in [3.63, 3.8) is 0 Å². The maximum Gasteiger partial charge on any atom is 0.157 e. The fraction of sp³-hybridized carbons (Fsp3) is 0.455. The Hall–Kier alpha value is -1.58. The Bertz CT molecular complexity index is 482. The Labute approximate surface area is 88.1 Å². The summed E-state index contributed by atoms with van der Waals surface area (Å²) in [5, 5.41) is 4.12. The second-order valence-electron chi connectivity index (χ2n) is 4.19. The van der Waals surface area contributed by atoms with Crippen molar-refractivity contribution < 1.29 is 0 Å². The minimum absolute atomic E-state index is 0.604. The highest BCUT2D eigenvalue weighted by atomic mass is 15.3. The maximum absolute atomic E-state index is 5.93. The summed E-state index contributed by atoms with van der Waals surface area (Å²) >= 11 is 0. The van der Waals surface area contributed by atoms with Crippen LogP contribution in [0, 0.1) is 0 Å². The van der Waals surface area contributed by atoms with E-state index in [1.54, 1.807) is 10.7 Å². The van der Waals surface area contributed by atoms with Gasteiger partial charge in [0.05, 0.1) is 6.20 Å². The van der Waals surface area contributed by atoms with E-state index in [4.69, 9.17) is 5.73 Å². The van der Waals surface area contributed by atoms with Crippen LogP contribution in [0.15, 0.2) is 18.3 Å². The molecule has 0 aliphatic heterocycles. The van der Waals surface area contributed by atoms with Gasteiger partial charge in [-0.25, -0.2) is 4.98 Å². The Morgan fingerprint density at radius 2 is 2.13 bits per heavy atom. The number of anilines is 1. The molecular weight excluding hydrogens is 188 g/mol. The van der Waals surface area contributed by atoms with Crippen molar-refractivity contribution in [1.82, 2.24) is 14.6 Å². The van der Waals surface area contributed by atoms with Crippen molar-refractivity contribution in [2.24, 2.45) is 0 Å². The van der Waals surface area contributed by atoms with Crippen LogP contribution in [0.1, 0.15) is 37.3 Å². The third-order valence-corrected chi connectivity index (χ3v) is 3.18. The molecule has 4 heteroatoms. The van der Waals surface area contributed by atoms with Gasteiger partial charge in [-0.2, -0.15) is 9.61 Å². The predicted octanol–water partition coefficient (Wildman–Crippen LogP) is 1.97. The molecule has 2 aromatic heterocycles. The SMILES string of the molecule is Nc1cc(C2CCCC2)nc2ccnn12. The normalized spacial score (nSPS) is 17.6. The van der Waals surface area contributed by atoms with Crippen LogP contribution in [0.4, 0.5) is 5.82 Å². The van der Waals surface area contributed by atoms with Crippen LogP contribution in [-0.2, 0) is 0 Å². The molecule has 0 unspecified atom stereocenters. The van der Waals surface area contributed by atoms with Crippen molar-refractivity contribution in [3.8, 4) is 0 Å². The fourth-order valence-electron chi connectivity index (χ4n) is 2.39. The zero-order valence-electron chi connectivity index (χ0n) is 8.56. The van der Waals surface area contributed by atoms with Crippen LogP contribution in [0.25, 0.3) is 5.65 Å². The van der Waals surface area contributed by atoms with Crippen LogP contribution in [0.3, 0.4) is 0 Å². The summed E-state index contributed by atoms with van der Waals surface area (Å²) in [5.74, 6) is 1.29. The summed E-state index contributed by atoms with van der Waals surface area (Å²) in [6.45, 7) is 0. The molecule has 1 aliphatic rings. The van der Waals surface area contributed by atoms with E-state index in [9.17, 15) is 0 Å². The van der Waals surface area contributed by atoms with Gasteiger partial charge in [0.15, 0.2) is 5.65 Å². The molecule has 15 heavy (non-hydrogen) atoms. The first-order chi connectivity index (χ1) is 7.34. The number of hydrogen-bond donors (Lipinski definition) is 1. The molecule has 2 aromatic rings. The molecule has 2 heterocycles. The van der Waals surface area contributed by atoms with Crippen LogP contribution < -0.4 is 5.73 Å². The Morgan fingerprint density at radius 3 is 2.93 bits per heavy atom. The number of nitrogens with two attached hydrogens (primary N) is 1. The van der Waals surface area contributed by atoms with Gasteiger partial charge in [-0.05, 0) is 12.8 Å². The average molecular weight is 202 g/mol. The predicted molar refractivity (Wildman–Crippen MR) is 58.6 cm³/mol. The molecule has 3 rings (SSSR count). The Balaban J connectivity index is 2.11. The zero-order valence-corrected chi connectivity index (χ0v) is 8.56. The molecule has 0 spiro atoms. The fourth-order valence-corrected chi connectivity index (χ4v) is 2.39. The molecule has 0 bridgehead atoms. The lowest BCUT2D eigenvalue weighted by atomic mass is 10.0. The largest absolute Gasteiger partial charge is 0.384 e. The van der Waals surface area contributed by atoms with Gasteiger partial charge in [0.25, 0.3) is 0 Å². The summed E-state index contributed by atoms with van der Waals surface area (Å²) in [4.78, 5) is 4.60. The van der Waals surface area contributed by atoms with E-state index in [0.29, 0.717) is 11.7 Å². The molecule has 0 atom stereocenters. The molecule has 2 N–H and O–H groups in total. The highest BCUT2D eigenvalue weighted by Gasteiger charge is 2.19. The van der Waals surface area contributed by atoms with E-state index in [1.807, 2.05) is 12.1 Å². The summed E-state index contributed by atoms with van der Waals surface area (Å²) < 4.78 is 1.68. The van der Waals surface area contributed by atoms with E-state index in [1.165, 1.54) is 25.7 Å². The number of rotatable bonds is 1. The van der Waals surface area contributed by atoms with Crippen molar-refractivity contribution in [2.45, 2.75) is 31.6 Å². The number of hydrogen-bond acceptors (Lipinski definition) is 3. The highest BCUT2D eigenvalue weighted by molar-refractivity contribution is 5.47. The van der Waals surface area contributed by atoms with E-state index in [-0.39, 0.29) is 0 Å². The standard InChI is InChI=1S/C11H14N4/c12-10-7-9(8-3-1-2-4-8)14-11-5-6-13-15(10)11/h5-8H,1-4,12H2. The monoisotopic (exact) mass is 202 g/mol. The maximum atomic E-state index is 5.93. The summed E-state index contributed by atoms with van der Waals surface area (Å²) in [6, 6.07) is 3.87. The molecule has 1 aliphatic carbocycles. The average Bonchev–Trinajstić information content (AvgIpc) is 2.88. The summed E-state index contributed by atoms with van der Waals surface area (Å²) in [5.41, 5.74) is 7.92. The first-order valence-electron chi connectivity index (χ1n) is 5.45. The van der Waals surface area contributed by atoms with Gasteiger partial charge in [-0.3, -0.25) is 0 Å². The smallest absolute Gasteiger partial charge is 0.157 e. The van der Waals surface area contributed by atoms with Gasteiger partial charge in [0.2, 0.25) is 0 Å². The molecule has 1 fully saturated rings. The van der Waals surface area contributed by atoms with Crippen molar-refractivity contribution in [3.05, 3.63) is 24.0 Å². The van der Waals surface area contributed by atoms with Gasteiger partial charge in [-0.15, -0.1) is 0 Å². The zero-order chi connectivity index (χ0) is 10.3. The number of nitrogen functional groups attached to an aromatic ring is 1. The molecule has 1 saturated carbocycles. The van der Waals surface area contributed by atoms with Gasteiger partial charge in [-0.1, -0.05) is 12.8 Å². The minimum Gasteiger partial charge on any atom is -0.384 e. The molecule has 0 aromatic carbocycles. The Morgan fingerprint density at radius 1 is 1.33 bits per heavy atom. The third-order valence-electron chi connectivity index (χ3n) is 3.18. The van der Waals surface area contributed by atoms with Crippen molar-refractivity contribution in [2.75, 3.05) is 5.73 Å². The van der Waals surface area contributed by atoms with Crippen LogP contribution in [0.5, 0.6) is 0 Å². The van der Waals surface area contributed by atoms with Gasteiger partial charge >= 0.3 is 0 Å². The molecule has 78 valence electrons. The lowest BCUT2D eigenvalue weighted by Crippen LogP contribution is -2.05. The highest BCUT2D eigenvalue weighted by Crippen LogP contribution is 2.33. The Kier molecular flexibility index (Phi) is 1.87. The molecule has 0 radical (unpaired) electrons. The van der Waals surface area contributed by atoms with Gasteiger partial charge in [0, 0.05) is 23.7 Å². The van der Waals surface area contributed by atoms with E-state index >= 15 is 0 Å². The molecular formula is C11H14N4. The minimum atomic E-state index is 0.604. The number of aromatic nitrogens is 3. The second kappa shape index (κ2) is 3.22. The number of fused-ring (bicyclic) bond motifs is 1. The van der Waals surface area contributed by atoms with E-state index in [0.717, 1.165) is 11.3 Å². The first-order valence-corrected chi connectivity index (χ1v) is 5.45. The lowest BCUT2D eigenvalue weighted by molar-refractivity contribution is 0.696. The van der Waals surface area contributed by atoms with Crippen LogP contribution in [-0.4, -0.2) is 14.6 Å². The lowest BCUT2D eigenvalue weighted by Gasteiger charge is -2.09. The van der Waals surface area contributed by atoms with Crippen molar-refractivity contribution in [1.29, 1.82) is 0 Å². The topological polar surface area (TPSA) is 56.2 Å². The van der Waals surface area contributed by atoms with Crippen molar-refractivity contribution >= 4 is 11.5 Å². The van der Waals surface area contributed by atoms with Crippen LogP contribution in [0.2, 0.25) is 0 Å². The molecule has 4 nitrogen and oxygen atoms in total. The second-order valence-corrected chi connectivity index (χ2v) is 4.19. The third kappa shape index (κ3) is 1.37. The van der Waals surface area contributed by atoms with Crippen LogP contribution >= 0.6 is 0 Å². The van der Waals surface area contributed by atoms with E-state index in [2.05, 4.69) is 10.1 Å². The summed E-state index contributed by atoms with van der Waals surface area (Å²) in [6.07, 6.45) is 6.86. The van der Waals surface area contributed by atoms with Gasteiger partial charge in [0.1, 0.15) is 5.82 Å². The van der Waals surface area contributed by atoms with E-state index < -0.39 is 0 Å².